The first kappa shape index (κ1) is 14.2. The van der Waals surface area contributed by atoms with Crippen molar-refractivity contribution in [1.29, 1.82) is 0 Å². The van der Waals surface area contributed by atoms with E-state index in [1.807, 2.05) is 6.07 Å². The van der Waals surface area contributed by atoms with Gasteiger partial charge in [-0.25, -0.2) is 0 Å². The van der Waals surface area contributed by atoms with E-state index in [1.165, 1.54) is 29.5 Å². The van der Waals surface area contributed by atoms with E-state index in [0.717, 1.165) is 12.3 Å². The highest BCUT2D eigenvalue weighted by Crippen LogP contribution is 2.27. The Morgan fingerprint density at radius 2 is 1.86 bits per heavy atom. The van der Waals surface area contributed by atoms with Gasteiger partial charge in [0.1, 0.15) is 11.9 Å². The number of ether oxygens (including phenoxy) is 1. The molecule has 0 amide bonds. The zero-order valence-corrected chi connectivity index (χ0v) is 12.8. The molecule has 1 fully saturated rings. The number of hydrogen-bond donors (Lipinski definition) is 1. The SMILES string of the molecule is Cc1ccc(OC(CNC2CC2)c2ccccc2)c(C)c1. The summed E-state index contributed by atoms with van der Waals surface area (Å²) < 4.78 is 6.30. The normalized spacial score (nSPS) is 15.7. The van der Waals surface area contributed by atoms with Crippen LogP contribution in [0.4, 0.5) is 0 Å². The molecule has 3 rings (SSSR count). The zero-order chi connectivity index (χ0) is 14.7. The van der Waals surface area contributed by atoms with Crippen molar-refractivity contribution in [2.75, 3.05) is 6.54 Å². The van der Waals surface area contributed by atoms with Crippen LogP contribution in [-0.4, -0.2) is 12.6 Å². The molecule has 1 aliphatic carbocycles. The highest BCUT2D eigenvalue weighted by molar-refractivity contribution is 5.36. The molecule has 1 saturated carbocycles. The van der Waals surface area contributed by atoms with Crippen molar-refractivity contribution in [3.8, 4) is 5.75 Å². The van der Waals surface area contributed by atoms with Crippen molar-refractivity contribution in [2.45, 2.75) is 38.8 Å². The lowest BCUT2D eigenvalue weighted by Crippen LogP contribution is -2.26. The van der Waals surface area contributed by atoms with E-state index >= 15 is 0 Å². The average Bonchev–Trinajstić information content (AvgIpc) is 3.31. The molecule has 0 radical (unpaired) electrons. The average molecular weight is 281 g/mol. The minimum atomic E-state index is 0.0632. The van der Waals surface area contributed by atoms with Crippen molar-refractivity contribution < 1.29 is 4.74 Å². The van der Waals surface area contributed by atoms with Crippen LogP contribution in [0.25, 0.3) is 0 Å². The van der Waals surface area contributed by atoms with Crippen LogP contribution in [0.15, 0.2) is 48.5 Å². The molecule has 2 aromatic rings. The molecule has 2 nitrogen and oxygen atoms in total. The van der Waals surface area contributed by atoms with Crippen molar-refractivity contribution in [1.82, 2.24) is 5.32 Å². The highest BCUT2D eigenvalue weighted by atomic mass is 16.5. The molecule has 1 atom stereocenters. The second-order valence-electron chi connectivity index (χ2n) is 5.97. The number of hydrogen-bond acceptors (Lipinski definition) is 2. The number of aryl methyl sites for hydroxylation is 2. The second-order valence-corrected chi connectivity index (χ2v) is 5.97. The third-order valence-corrected chi connectivity index (χ3v) is 3.94. The Balaban J connectivity index is 1.77. The Morgan fingerprint density at radius 1 is 1.10 bits per heavy atom. The topological polar surface area (TPSA) is 21.3 Å². The summed E-state index contributed by atoms with van der Waals surface area (Å²) in [6.45, 7) is 5.08. The molecule has 0 saturated heterocycles. The van der Waals surface area contributed by atoms with Crippen molar-refractivity contribution in [3.05, 3.63) is 65.2 Å². The van der Waals surface area contributed by atoms with Crippen LogP contribution in [0, 0.1) is 13.8 Å². The summed E-state index contributed by atoms with van der Waals surface area (Å²) >= 11 is 0. The number of benzene rings is 2. The van der Waals surface area contributed by atoms with Crippen LogP contribution >= 0.6 is 0 Å². The van der Waals surface area contributed by atoms with Crippen LogP contribution in [0.2, 0.25) is 0 Å². The molecule has 1 aliphatic rings. The summed E-state index contributed by atoms with van der Waals surface area (Å²) in [5.74, 6) is 0.979. The molecule has 0 spiro atoms. The highest BCUT2D eigenvalue weighted by Gasteiger charge is 2.23. The van der Waals surface area contributed by atoms with Gasteiger partial charge in [-0.05, 0) is 43.9 Å². The monoisotopic (exact) mass is 281 g/mol. The van der Waals surface area contributed by atoms with Crippen molar-refractivity contribution >= 4 is 0 Å². The van der Waals surface area contributed by atoms with E-state index in [4.69, 9.17) is 4.74 Å². The Morgan fingerprint density at radius 3 is 2.52 bits per heavy atom. The second kappa shape index (κ2) is 6.31. The van der Waals surface area contributed by atoms with Gasteiger partial charge in [-0.3, -0.25) is 0 Å². The Labute approximate surface area is 127 Å². The van der Waals surface area contributed by atoms with Gasteiger partial charge >= 0.3 is 0 Å². The van der Waals surface area contributed by atoms with Gasteiger partial charge in [-0.2, -0.15) is 0 Å². The maximum atomic E-state index is 6.30. The van der Waals surface area contributed by atoms with Crippen LogP contribution in [-0.2, 0) is 0 Å². The van der Waals surface area contributed by atoms with E-state index in [9.17, 15) is 0 Å². The predicted molar refractivity (Wildman–Crippen MR) is 86.8 cm³/mol. The van der Waals surface area contributed by atoms with Gasteiger partial charge in [-0.1, -0.05) is 48.0 Å². The predicted octanol–water partition coefficient (Wildman–Crippen LogP) is 4.18. The molecule has 1 N–H and O–H groups in total. The molecule has 0 aliphatic heterocycles. The first-order chi connectivity index (χ1) is 10.2. The number of nitrogens with one attached hydrogen (secondary N) is 1. The van der Waals surface area contributed by atoms with Crippen LogP contribution in [0.5, 0.6) is 5.75 Å². The van der Waals surface area contributed by atoms with Crippen LogP contribution in [0.1, 0.15) is 35.6 Å². The van der Waals surface area contributed by atoms with Crippen LogP contribution in [0.3, 0.4) is 0 Å². The van der Waals surface area contributed by atoms with E-state index in [2.05, 4.69) is 61.6 Å². The van der Waals surface area contributed by atoms with E-state index < -0.39 is 0 Å². The van der Waals surface area contributed by atoms with Gasteiger partial charge in [0.15, 0.2) is 0 Å². The minimum absolute atomic E-state index is 0.0632. The fraction of sp³-hybridized carbons (Fsp3) is 0.368. The molecule has 2 aromatic carbocycles. The third kappa shape index (κ3) is 3.85. The zero-order valence-electron chi connectivity index (χ0n) is 12.8. The Kier molecular flexibility index (Phi) is 4.26. The molecule has 0 aromatic heterocycles. The summed E-state index contributed by atoms with van der Waals surface area (Å²) in [7, 11) is 0. The standard InChI is InChI=1S/C19H23NO/c1-14-8-11-18(15(2)12-14)21-19(13-20-17-9-10-17)16-6-4-3-5-7-16/h3-8,11-12,17,19-20H,9-10,13H2,1-2H3. The third-order valence-electron chi connectivity index (χ3n) is 3.94. The minimum Gasteiger partial charge on any atom is -0.484 e. The van der Waals surface area contributed by atoms with Gasteiger partial charge in [-0.15, -0.1) is 0 Å². The quantitative estimate of drug-likeness (QED) is 0.858. The maximum absolute atomic E-state index is 6.30. The summed E-state index contributed by atoms with van der Waals surface area (Å²) in [6.07, 6.45) is 2.66. The fourth-order valence-corrected chi connectivity index (χ4v) is 2.54. The lowest BCUT2D eigenvalue weighted by atomic mass is 10.1. The first-order valence-corrected chi connectivity index (χ1v) is 7.74. The van der Waals surface area contributed by atoms with Gasteiger partial charge in [0.2, 0.25) is 0 Å². The number of rotatable bonds is 6. The van der Waals surface area contributed by atoms with E-state index in [-0.39, 0.29) is 6.10 Å². The maximum Gasteiger partial charge on any atom is 0.136 e. The smallest absolute Gasteiger partial charge is 0.136 e. The molecule has 2 heteroatoms. The molecular weight excluding hydrogens is 258 g/mol. The lowest BCUT2D eigenvalue weighted by Gasteiger charge is -2.21. The van der Waals surface area contributed by atoms with E-state index in [1.54, 1.807) is 0 Å². The summed E-state index contributed by atoms with van der Waals surface area (Å²) in [5, 5.41) is 3.58. The van der Waals surface area contributed by atoms with Gasteiger partial charge in [0.05, 0.1) is 0 Å². The lowest BCUT2D eigenvalue weighted by molar-refractivity contribution is 0.199. The molecule has 21 heavy (non-hydrogen) atoms. The fourth-order valence-electron chi connectivity index (χ4n) is 2.54. The van der Waals surface area contributed by atoms with Crippen molar-refractivity contribution in [2.24, 2.45) is 0 Å². The molecular formula is C19H23NO. The molecule has 0 heterocycles. The van der Waals surface area contributed by atoms with Gasteiger partial charge < -0.3 is 10.1 Å². The van der Waals surface area contributed by atoms with Gasteiger partial charge in [0, 0.05) is 12.6 Å². The molecule has 0 bridgehead atoms. The summed E-state index contributed by atoms with van der Waals surface area (Å²) in [5.41, 5.74) is 3.69. The Hall–Kier alpha value is -1.80. The van der Waals surface area contributed by atoms with Crippen LogP contribution < -0.4 is 10.1 Å². The summed E-state index contributed by atoms with van der Waals surface area (Å²) in [4.78, 5) is 0. The van der Waals surface area contributed by atoms with E-state index in [0.29, 0.717) is 6.04 Å². The molecule has 1 unspecified atom stereocenters. The first-order valence-electron chi connectivity index (χ1n) is 7.74. The van der Waals surface area contributed by atoms with Gasteiger partial charge in [0.25, 0.3) is 0 Å². The largest absolute Gasteiger partial charge is 0.484 e. The Bertz CT molecular complexity index is 590. The molecule has 110 valence electrons. The van der Waals surface area contributed by atoms with Crippen molar-refractivity contribution in [3.63, 3.8) is 0 Å². The summed E-state index contributed by atoms with van der Waals surface area (Å²) in [6, 6.07) is 17.5.